The second kappa shape index (κ2) is 14.2. The van der Waals surface area contributed by atoms with Crippen LogP contribution in [0, 0.1) is 5.92 Å². The normalized spacial score (nSPS) is 18.3. The second-order valence-corrected chi connectivity index (χ2v) is 9.10. The molecular weight excluding hydrogens is 468 g/mol. The van der Waals surface area contributed by atoms with Crippen molar-refractivity contribution >= 4 is 29.7 Å². The number of hydrogen-bond donors (Lipinski definition) is 6. The molecule has 0 saturated carbocycles. The number of nitrogens with one attached hydrogen (secondary N) is 4. The third kappa shape index (κ3) is 8.95. The molecule has 0 spiro atoms. The van der Waals surface area contributed by atoms with Crippen molar-refractivity contribution in [1.29, 1.82) is 0 Å². The first-order valence-corrected chi connectivity index (χ1v) is 12.2. The lowest BCUT2D eigenvalue weighted by Crippen LogP contribution is -2.58. The third-order valence-electron chi connectivity index (χ3n) is 6.35. The van der Waals surface area contributed by atoms with Crippen LogP contribution in [0.4, 0.5) is 0 Å². The topological polar surface area (TPSA) is 174 Å². The van der Waals surface area contributed by atoms with Crippen molar-refractivity contribution in [3.8, 4) is 0 Å². The van der Waals surface area contributed by atoms with Gasteiger partial charge in [-0.3, -0.25) is 19.2 Å². The molecule has 0 bridgehead atoms. The fourth-order valence-electron chi connectivity index (χ4n) is 3.99. The van der Waals surface area contributed by atoms with Crippen LogP contribution in [0.5, 0.6) is 0 Å². The maximum atomic E-state index is 13.2. The molecule has 1 heterocycles. The van der Waals surface area contributed by atoms with Gasteiger partial charge in [-0.2, -0.15) is 0 Å². The average molecular weight is 505 g/mol. The van der Waals surface area contributed by atoms with E-state index in [0.29, 0.717) is 19.4 Å². The Morgan fingerprint density at radius 3 is 2.22 bits per heavy atom. The lowest BCUT2D eigenvalue weighted by molar-refractivity contribution is -0.143. The van der Waals surface area contributed by atoms with Gasteiger partial charge in [-0.15, -0.1) is 0 Å². The molecular formula is C25H36N4O7. The molecule has 1 aliphatic rings. The summed E-state index contributed by atoms with van der Waals surface area (Å²) in [6.07, 6.45) is 1.49. The lowest BCUT2D eigenvalue weighted by atomic mass is 9.98. The summed E-state index contributed by atoms with van der Waals surface area (Å²) in [7, 11) is 0. The molecule has 5 unspecified atom stereocenters. The summed E-state index contributed by atoms with van der Waals surface area (Å²) >= 11 is 0. The highest BCUT2D eigenvalue weighted by molar-refractivity contribution is 5.94. The molecule has 3 amide bonds. The van der Waals surface area contributed by atoms with Gasteiger partial charge in [0.2, 0.25) is 17.7 Å². The second-order valence-electron chi connectivity index (χ2n) is 9.10. The van der Waals surface area contributed by atoms with E-state index in [9.17, 15) is 29.1 Å². The predicted octanol–water partition coefficient (Wildman–Crippen LogP) is 0.431. The first kappa shape index (κ1) is 28.8. The minimum Gasteiger partial charge on any atom is -0.481 e. The van der Waals surface area contributed by atoms with E-state index in [1.165, 1.54) is 0 Å². The van der Waals surface area contributed by atoms with Crippen molar-refractivity contribution in [3.05, 3.63) is 35.9 Å². The van der Waals surface area contributed by atoms with Gasteiger partial charge < -0.3 is 31.5 Å². The van der Waals surface area contributed by atoms with Crippen LogP contribution in [-0.2, 0) is 30.4 Å². The minimum atomic E-state index is -1.18. The Hall–Kier alpha value is -3.47. The van der Waals surface area contributed by atoms with Gasteiger partial charge in [0.1, 0.15) is 18.1 Å². The number of hydrogen-bond acceptors (Lipinski definition) is 6. The average Bonchev–Trinajstić information content (AvgIpc) is 3.39. The van der Waals surface area contributed by atoms with Gasteiger partial charge in [0, 0.05) is 12.8 Å². The van der Waals surface area contributed by atoms with Crippen LogP contribution in [-0.4, -0.2) is 70.6 Å². The first-order chi connectivity index (χ1) is 17.1. The van der Waals surface area contributed by atoms with Crippen molar-refractivity contribution in [1.82, 2.24) is 21.3 Å². The zero-order valence-electron chi connectivity index (χ0n) is 20.7. The number of carboxylic acid groups (broad SMARTS) is 2. The van der Waals surface area contributed by atoms with E-state index >= 15 is 0 Å². The molecule has 11 nitrogen and oxygen atoms in total. The molecule has 0 radical (unpaired) electrons. The Kier molecular flexibility index (Phi) is 11.3. The molecule has 198 valence electrons. The fraction of sp³-hybridized carbons (Fsp3) is 0.560. The van der Waals surface area contributed by atoms with Crippen LogP contribution in [0.2, 0.25) is 0 Å². The summed E-state index contributed by atoms with van der Waals surface area (Å²) in [6.45, 7) is 4.19. The standard InChI is InChI=1S/C25H36N4O7/c1-3-15(2)21(25(35)36)29-24(34)19(14-16-8-5-4-6-9-16)28-23(33)18(11-12-20(30)31)27-22(32)17-10-7-13-26-17/h4-6,8-9,15,17-19,21,26H,3,7,10-14H2,1-2H3,(H,27,32)(H,28,33)(H,29,34)(H,30,31)(H,35,36). The Morgan fingerprint density at radius 1 is 1.00 bits per heavy atom. The minimum absolute atomic E-state index is 0.0784. The van der Waals surface area contributed by atoms with Crippen LogP contribution < -0.4 is 21.3 Å². The van der Waals surface area contributed by atoms with E-state index in [2.05, 4.69) is 21.3 Å². The Balaban J connectivity index is 2.22. The van der Waals surface area contributed by atoms with Crippen LogP contribution >= 0.6 is 0 Å². The molecule has 1 saturated heterocycles. The monoisotopic (exact) mass is 504 g/mol. The third-order valence-corrected chi connectivity index (χ3v) is 6.35. The molecule has 1 aromatic rings. The van der Waals surface area contributed by atoms with Crippen molar-refractivity contribution in [2.75, 3.05) is 6.54 Å². The number of aliphatic carboxylic acids is 2. The lowest BCUT2D eigenvalue weighted by Gasteiger charge is -2.26. The zero-order valence-corrected chi connectivity index (χ0v) is 20.7. The van der Waals surface area contributed by atoms with Crippen molar-refractivity contribution < 1.29 is 34.2 Å². The van der Waals surface area contributed by atoms with Gasteiger partial charge >= 0.3 is 11.9 Å². The van der Waals surface area contributed by atoms with Crippen molar-refractivity contribution in [2.45, 2.75) is 76.5 Å². The molecule has 0 aliphatic carbocycles. The molecule has 2 rings (SSSR count). The van der Waals surface area contributed by atoms with E-state index in [4.69, 9.17) is 5.11 Å². The Morgan fingerprint density at radius 2 is 1.67 bits per heavy atom. The molecule has 5 atom stereocenters. The summed E-state index contributed by atoms with van der Waals surface area (Å²) in [5, 5.41) is 29.5. The summed E-state index contributed by atoms with van der Waals surface area (Å²) in [6, 6.07) is 4.96. The quantitative estimate of drug-likeness (QED) is 0.211. The van der Waals surface area contributed by atoms with E-state index in [1.807, 2.05) is 6.92 Å². The van der Waals surface area contributed by atoms with Crippen LogP contribution in [0.1, 0.15) is 51.5 Å². The number of carbonyl (C=O) groups is 5. The summed E-state index contributed by atoms with van der Waals surface area (Å²) in [5.41, 5.74) is 0.731. The smallest absolute Gasteiger partial charge is 0.326 e. The zero-order chi connectivity index (χ0) is 26.7. The van der Waals surface area contributed by atoms with Crippen LogP contribution in [0.25, 0.3) is 0 Å². The van der Waals surface area contributed by atoms with E-state index < -0.39 is 53.8 Å². The molecule has 0 aromatic heterocycles. The van der Waals surface area contributed by atoms with Gasteiger partial charge in [-0.05, 0) is 37.3 Å². The number of carbonyl (C=O) groups excluding carboxylic acids is 3. The fourth-order valence-corrected chi connectivity index (χ4v) is 3.99. The largest absolute Gasteiger partial charge is 0.481 e. The van der Waals surface area contributed by atoms with E-state index in [1.54, 1.807) is 37.3 Å². The molecule has 1 aromatic carbocycles. The van der Waals surface area contributed by atoms with Crippen molar-refractivity contribution in [2.24, 2.45) is 5.92 Å². The maximum Gasteiger partial charge on any atom is 0.326 e. The summed E-state index contributed by atoms with van der Waals surface area (Å²) < 4.78 is 0. The summed E-state index contributed by atoms with van der Waals surface area (Å²) in [5.74, 6) is -4.46. The highest BCUT2D eigenvalue weighted by atomic mass is 16.4. The SMILES string of the molecule is CCC(C)C(NC(=O)C(Cc1ccccc1)NC(=O)C(CCC(=O)O)NC(=O)C1CCCN1)C(=O)O. The molecule has 1 fully saturated rings. The number of carboxylic acids is 2. The van der Waals surface area contributed by atoms with E-state index in [-0.39, 0.29) is 25.2 Å². The number of amides is 3. The van der Waals surface area contributed by atoms with Gasteiger partial charge in [0.25, 0.3) is 0 Å². The van der Waals surface area contributed by atoms with E-state index in [0.717, 1.165) is 12.0 Å². The van der Waals surface area contributed by atoms with Crippen LogP contribution in [0.3, 0.4) is 0 Å². The molecule has 36 heavy (non-hydrogen) atoms. The molecule has 1 aliphatic heterocycles. The summed E-state index contributed by atoms with van der Waals surface area (Å²) in [4.78, 5) is 61.8. The van der Waals surface area contributed by atoms with Gasteiger partial charge in [0.15, 0.2) is 0 Å². The number of rotatable bonds is 14. The van der Waals surface area contributed by atoms with Gasteiger partial charge in [-0.1, -0.05) is 50.6 Å². The molecule has 6 N–H and O–H groups in total. The highest BCUT2D eigenvalue weighted by Gasteiger charge is 2.33. The maximum absolute atomic E-state index is 13.2. The Bertz CT molecular complexity index is 918. The first-order valence-electron chi connectivity index (χ1n) is 12.2. The molecule has 11 heteroatoms. The van der Waals surface area contributed by atoms with Crippen molar-refractivity contribution in [3.63, 3.8) is 0 Å². The van der Waals surface area contributed by atoms with Gasteiger partial charge in [-0.25, -0.2) is 4.79 Å². The van der Waals surface area contributed by atoms with Gasteiger partial charge in [0.05, 0.1) is 6.04 Å². The van der Waals surface area contributed by atoms with Crippen LogP contribution in [0.15, 0.2) is 30.3 Å². The predicted molar refractivity (Wildman–Crippen MR) is 131 cm³/mol. The highest BCUT2D eigenvalue weighted by Crippen LogP contribution is 2.11. The Labute approximate surface area is 210 Å². The number of benzene rings is 1.